The topological polar surface area (TPSA) is 75.6 Å². The lowest BCUT2D eigenvalue weighted by atomic mass is 9.99. The van der Waals surface area contributed by atoms with Gasteiger partial charge in [0.05, 0.1) is 6.61 Å². The number of amides is 1. The number of aliphatic carboxylic acids is 1. The van der Waals surface area contributed by atoms with E-state index in [0.717, 1.165) is 5.56 Å². The Morgan fingerprint density at radius 2 is 1.95 bits per heavy atom. The van der Waals surface area contributed by atoms with Crippen molar-refractivity contribution >= 4 is 11.9 Å². The van der Waals surface area contributed by atoms with Crippen LogP contribution in [-0.2, 0) is 20.9 Å². The van der Waals surface area contributed by atoms with Gasteiger partial charge in [-0.05, 0) is 11.5 Å². The Kier molecular flexibility index (Phi) is 6.73. The third kappa shape index (κ3) is 5.40. The van der Waals surface area contributed by atoms with Crippen molar-refractivity contribution in [1.82, 2.24) is 5.32 Å². The van der Waals surface area contributed by atoms with Gasteiger partial charge in [0.25, 0.3) is 0 Å². The van der Waals surface area contributed by atoms with Crippen LogP contribution in [0.15, 0.2) is 30.3 Å². The highest BCUT2D eigenvalue weighted by Gasteiger charge is 2.25. The van der Waals surface area contributed by atoms with Crippen molar-refractivity contribution in [2.45, 2.75) is 32.9 Å². The van der Waals surface area contributed by atoms with Gasteiger partial charge >= 0.3 is 5.97 Å². The number of hydrogen-bond donors (Lipinski definition) is 2. The number of carboxylic acids is 1. The molecule has 1 rings (SSSR count). The van der Waals surface area contributed by atoms with Crippen LogP contribution in [0.2, 0.25) is 0 Å². The average molecular weight is 279 g/mol. The Morgan fingerprint density at radius 1 is 1.30 bits per heavy atom. The molecule has 1 aromatic rings. The molecule has 0 saturated heterocycles. The van der Waals surface area contributed by atoms with Crippen LogP contribution >= 0.6 is 0 Å². The predicted molar refractivity (Wildman–Crippen MR) is 75.1 cm³/mol. The van der Waals surface area contributed by atoms with Crippen LogP contribution in [0.1, 0.15) is 25.8 Å². The standard InChI is InChI=1S/C15H21NO4/c1-3-11(2)14(15(18)19)16-13(17)10-20-9-12-7-5-4-6-8-12/h4-8,11,14H,3,9-10H2,1-2H3,(H,16,17)(H,18,19)/t11-,14-/m1/s1. The molecule has 5 nitrogen and oxygen atoms in total. The lowest BCUT2D eigenvalue weighted by Crippen LogP contribution is -2.46. The average Bonchev–Trinajstić information content (AvgIpc) is 2.45. The summed E-state index contributed by atoms with van der Waals surface area (Å²) in [7, 11) is 0. The second kappa shape index (κ2) is 8.32. The zero-order valence-electron chi connectivity index (χ0n) is 11.8. The van der Waals surface area contributed by atoms with E-state index in [9.17, 15) is 9.59 Å². The molecule has 0 aliphatic rings. The molecule has 0 unspecified atom stereocenters. The van der Waals surface area contributed by atoms with Gasteiger partial charge in [0.1, 0.15) is 12.6 Å². The van der Waals surface area contributed by atoms with Crippen molar-refractivity contribution in [2.24, 2.45) is 5.92 Å². The molecule has 0 fully saturated rings. The summed E-state index contributed by atoms with van der Waals surface area (Å²) in [5.74, 6) is -1.55. The normalized spacial score (nSPS) is 13.5. The van der Waals surface area contributed by atoms with Gasteiger partial charge in [-0.2, -0.15) is 0 Å². The van der Waals surface area contributed by atoms with Gasteiger partial charge in [0, 0.05) is 0 Å². The Hall–Kier alpha value is -1.88. The van der Waals surface area contributed by atoms with Crippen molar-refractivity contribution in [3.63, 3.8) is 0 Å². The molecule has 1 aromatic carbocycles. The fourth-order valence-corrected chi connectivity index (χ4v) is 1.73. The highest BCUT2D eigenvalue weighted by atomic mass is 16.5. The SMILES string of the molecule is CC[C@@H](C)[C@@H](NC(=O)COCc1ccccc1)C(=O)O. The second-order valence-electron chi connectivity index (χ2n) is 4.75. The second-order valence-corrected chi connectivity index (χ2v) is 4.75. The molecule has 0 aliphatic carbocycles. The Morgan fingerprint density at radius 3 is 2.50 bits per heavy atom. The molecule has 0 aromatic heterocycles. The van der Waals surface area contributed by atoms with E-state index in [-0.39, 0.29) is 12.5 Å². The van der Waals surface area contributed by atoms with E-state index in [1.807, 2.05) is 37.3 Å². The third-order valence-corrected chi connectivity index (χ3v) is 3.14. The number of nitrogens with one attached hydrogen (secondary N) is 1. The van der Waals surface area contributed by atoms with E-state index in [0.29, 0.717) is 13.0 Å². The number of rotatable bonds is 8. The van der Waals surface area contributed by atoms with Crippen LogP contribution in [-0.4, -0.2) is 29.6 Å². The van der Waals surface area contributed by atoms with Crippen molar-refractivity contribution in [2.75, 3.05) is 6.61 Å². The minimum Gasteiger partial charge on any atom is -0.480 e. The molecule has 2 N–H and O–H groups in total. The summed E-state index contributed by atoms with van der Waals surface area (Å²) in [6.07, 6.45) is 0.683. The van der Waals surface area contributed by atoms with Gasteiger partial charge in [-0.1, -0.05) is 50.6 Å². The maximum Gasteiger partial charge on any atom is 0.326 e. The van der Waals surface area contributed by atoms with Crippen LogP contribution in [0.25, 0.3) is 0 Å². The fraction of sp³-hybridized carbons (Fsp3) is 0.467. The van der Waals surface area contributed by atoms with E-state index in [1.165, 1.54) is 0 Å². The van der Waals surface area contributed by atoms with Crippen LogP contribution < -0.4 is 5.32 Å². The van der Waals surface area contributed by atoms with E-state index >= 15 is 0 Å². The Bertz CT molecular complexity index is 433. The van der Waals surface area contributed by atoms with Gasteiger partial charge in [0.15, 0.2) is 0 Å². The number of ether oxygens (including phenoxy) is 1. The van der Waals surface area contributed by atoms with E-state index in [1.54, 1.807) is 6.92 Å². The maximum atomic E-state index is 11.7. The van der Waals surface area contributed by atoms with Gasteiger partial charge in [-0.15, -0.1) is 0 Å². The molecule has 0 heterocycles. The van der Waals surface area contributed by atoms with Gasteiger partial charge < -0.3 is 15.2 Å². The smallest absolute Gasteiger partial charge is 0.326 e. The Balaban J connectivity index is 2.37. The first-order chi connectivity index (χ1) is 9.54. The van der Waals surface area contributed by atoms with Crippen molar-refractivity contribution < 1.29 is 19.4 Å². The molecular weight excluding hydrogens is 258 g/mol. The van der Waals surface area contributed by atoms with Crippen molar-refractivity contribution in [3.8, 4) is 0 Å². The summed E-state index contributed by atoms with van der Waals surface area (Å²) in [6.45, 7) is 3.87. The minimum absolute atomic E-state index is 0.120. The largest absolute Gasteiger partial charge is 0.480 e. The number of benzene rings is 1. The van der Waals surface area contributed by atoms with Crippen molar-refractivity contribution in [3.05, 3.63) is 35.9 Å². The summed E-state index contributed by atoms with van der Waals surface area (Å²) in [5.41, 5.74) is 0.969. The maximum absolute atomic E-state index is 11.7. The first-order valence-electron chi connectivity index (χ1n) is 6.68. The molecule has 20 heavy (non-hydrogen) atoms. The zero-order valence-corrected chi connectivity index (χ0v) is 11.8. The van der Waals surface area contributed by atoms with Gasteiger partial charge in [-0.3, -0.25) is 4.79 Å². The molecule has 0 bridgehead atoms. The summed E-state index contributed by atoms with van der Waals surface area (Å²) in [6, 6.07) is 8.62. The molecule has 1 amide bonds. The monoisotopic (exact) mass is 279 g/mol. The van der Waals surface area contributed by atoms with Crippen molar-refractivity contribution in [1.29, 1.82) is 0 Å². The molecule has 110 valence electrons. The highest BCUT2D eigenvalue weighted by molar-refractivity contribution is 5.84. The molecule has 0 aliphatic heterocycles. The quantitative estimate of drug-likeness (QED) is 0.761. The number of carbonyl (C=O) groups excluding carboxylic acids is 1. The lowest BCUT2D eigenvalue weighted by Gasteiger charge is -2.20. The molecule has 0 radical (unpaired) electrons. The molecule has 2 atom stereocenters. The van der Waals surface area contributed by atoms with Crippen LogP contribution in [0.5, 0.6) is 0 Å². The predicted octanol–water partition coefficient (Wildman–Crippen LogP) is 1.82. The molecule has 0 spiro atoms. The molecular formula is C15H21NO4. The van der Waals surface area contributed by atoms with Crippen LogP contribution in [0.4, 0.5) is 0 Å². The van der Waals surface area contributed by atoms with E-state index in [4.69, 9.17) is 9.84 Å². The fourth-order valence-electron chi connectivity index (χ4n) is 1.73. The summed E-state index contributed by atoms with van der Waals surface area (Å²) in [5, 5.41) is 11.6. The lowest BCUT2D eigenvalue weighted by molar-refractivity contribution is -0.144. The number of carboxylic acid groups (broad SMARTS) is 1. The highest BCUT2D eigenvalue weighted by Crippen LogP contribution is 2.08. The summed E-state index contributed by atoms with van der Waals surface area (Å²) in [4.78, 5) is 22.7. The first kappa shape index (κ1) is 16.2. The van der Waals surface area contributed by atoms with Crippen LogP contribution in [0, 0.1) is 5.92 Å². The van der Waals surface area contributed by atoms with E-state index in [2.05, 4.69) is 5.32 Å². The van der Waals surface area contributed by atoms with Gasteiger partial charge in [-0.25, -0.2) is 4.79 Å². The van der Waals surface area contributed by atoms with Crippen LogP contribution in [0.3, 0.4) is 0 Å². The number of carbonyl (C=O) groups is 2. The third-order valence-electron chi connectivity index (χ3n) is 3.14. The number of hydrogen-bond acceptors (Lipinski definition) is 3. The molecule has 0 saturated carbocycles. The minimum atomic E-state index is -1.02. The Labute approximate surface area is 118 Å². The van der Waals surface area contributed by atoms with Gasteiger partial charge in [0.2, 0.25) is 5.91 Å². The van der Waals surface area contributed by atoms with E-state index < -0.39 is 17.9 Å². The molecule has 5 heteroatoms. The zero-order chi connectivity index (χ0) is 15.0. The summed E-state index contributed by atoms with van der Waals surface area (Å²) >= 11 is 0. The first-order valence-corrected chi connectivity index (χ1v) is 6.68. The summed E-state index contributed by atoms with van der Waals surface area (Å²) < 4.78 is 5.27.